The van der Waals surface area contributed by atoms with Crippen LogP contribution in [0.15, 0.2) is 24.3 Å². The van der Waals surface area contributed by atoms with Gasteiger partial charge < -0.3 is 15.2 Å². The van der Waals surface area contributed by atoms with Crippen LogP contribution in [0.3, 0.4) is 0 Å². The second-order valence-electron chi connectivity index (χ2n) is 5.75. The van der Waals surface area contributed by atoms with Crippen molar-refractivity contribution in [3.8, 4) is 5.75 Å². The van der Waals surface area contributed by atoms with E-state index in [-0.39, 0.29) is 24.3 Å². The number of aliphatic carboxylic acids is 1. The molecule has 0 saturated heterocycles. The van der Waals surface area contributed by atoms with Gasteiger partial charge in [-0.05, 0) is 24.0 Å². The summed E-state index contributed by atoms with van der Waals surface area (Å²) in [6, 6.07) is 7.66. The summed E-state index contributed by atoms with van der Waals surface area (Å²) in [4.78, 5) is 23.3. The van der Waals surface area contributed by atoms with Crippen LogP contribution < -0.4 is 10.1 Å². The number of fused-ring (bicyclic) bond motifs is 1. The molecule has 0 bridgehead atoms. The van der Waals surface area contributed by atoms with Crippen LogP contribution in [0.1, 0.15) is 19.4 Å². The number of benzene rings is 1. The van der Waals surface area contributed by atoms with Gasteiger partial charge in [-0.3, -0.25) is 9.59 Å². The molecule has 114 valence electrons. The normalized spacial score (nSPS) is 18.5. The second kappa shape index (κ2) is 6.61. The first-order chi connectivity index (χ1) is 9.99. The average molecular weight is 291 g/mol. The maximum atomic E-state index is 12.2. The van der Waals surface area contributed by atoms with Crippen LogP contribution in [0.5, 0.6) is 5.75 Å². The standard InChI is InChI=1S/C16H21NO4/c1-10(2)13(16(19)20)8-17-15(18)12-7-11-5-3-4-6-14(11)21-9-12/h3-6,10,12-13H,7-9H2,1-2H3,(H,17,18)(H,19,20). The van der Waals surface area contributed by atoms with Crippen LogP contribution in [0, 0.1) is 17.8 Å². The molecule has 1 aliphatic heterocycles. The molecule has 0 radical (unpaired) electrons. The largest absolute Gasteiger partial charge is 0.492 e. The van der Waals surface area contributed by atoms with Crippen LogP contribution in [0.25, 0.3) is 0 Å². The van der Waals surface area contributed by atoms with E-state index in [9.17, 15) is 9.59 Å². The van der Waals surface area contributed by atoms with Gasteiger partial charge in [-0.15, -0.1) is 0 Å². The lowest BCUT2D eigenvalue weighted by atomic mass is 9.94. The number of carboxylic acids is 1. The third-order valence-corrected chi connectivity index (χ3v) is 3.87. The fourth-order valence-electron chi connectivity index (χ4n) is 2.46. The highest BCUT2D eigenvalue weighted by atomic mass is 16.5. The van der Waals surface area contributed by atoms with Crippen molar-refractivity contribution >= 4 is 11.9 Å². The van der Waals surface area contributed by atoms with E-state index in [2.05, 4.69) is 5.32 Å². The van der Waals surface area contributed by atoms with Crippen LogP contribution in [0.2, 0.25) is 0 Å². The average Bonchev–Trinajstić information content (AvgIpc) is 2.46. The highest BCUT2D eigenvalue weighted by molar-refractivity contribution is 5.80. The van der Waals surface area contributed by atoms with E-state index >= 15 is 0 Å². The van der Waals surface area contributed by atoms with Crippen molar-refractivity contribution < 1.29 is 19.4 Å². The number of hydrogen-bond acceptors (Lipinski definition) is 3. The molecule has 2 atom stereocenters. The SMILES string of the molecule is CC(C)C(CNC(=O)C1COc2ccccc2C1)C(=O)O. The van der Waals surface area contributed by atoms with Gasteiger partial charge in [0.25, 0.3) is 0 Å². The Bertz CT molecular complexity index is 527. The summed E-state index contributed by atoms with van der Waals surface area (Å²) in [5.74, 6) is -1.04. The Labute approximate surface area is 124 Å². The molecule has 2 N–H and O–H groups in total. The summed E-state index contributed by atoms with van der Waals surface area (Å²) in [6.45, 7) is 4.17. The predicted molar refractivity (Wildman–Crippen MR) is 78.1 cm³/mol. The zero-order chi connectivity index (χ0) is 15.4. The van der Waals surface area contributed by atoms with Crippen molar-refractivity contribution in [1.82, 2.24) is 5.32 Å². The number of carbonyl (C=O) groups excluding carboxylic acids is 1. The molecule has 1 heterocycles. The maximum Gasteiger partial charge on any atom is 0.308 e. The number of amides is 1. The predicted octanol–water partition coefficient (Wildman–Crippen LogP) is 1.71. The van der Waals surface area contributed by atoms with E-state index in [1.807, 2.05) is 38.1 Å². The first-order valence-corrected chi connectivity index (χ1v) is 7.20. The second-order valence-corrected chi connectivity index (χ2v) is 5.75. The van der Waals surface area contributed by atoms with Gasteiger partial charge in [0, 0.05) is 6.54 Å². The van der Waals surface area contributed by atoms with Crippen LogP contribution in [0.4, 0.5) is 0 Å². The lowest BCUT2D eigenvalue weighted by Gasteiger charge is -2.25. The van der Waals surface area contributed by atoms with Crippen molar-refractivity contribution in [3.05, 3.63) is 29.8 Å². The Hall–Kier alpha value is -2.04. The van der Waals surface area contributed by atoms with Crippen molar-refractivity contribution in [2.45, 2.75) is 20.3 Å². The van der Waals surface area contributed by atoms with E-state index in [1.54, 1.807) is 0 Å². The zero-order valence-electron chi connectivity index (χ0n) is 12.3. The molecule has 1 aromatic rings. The Morgan fingerprint density at radius 2 is 2.10 bits per heavy atom. The van der Waals surface area contributed by atoms with Gasteiger partial charge in [0.1, 0.15) is 12.4 Å². The molecule has 0 spiro atoms. The maximum absolute atomic E-state index is 12.2. The Morgan fingerprint density at radius 1 is 1.38 bits per heavy atom. The molecular formula is C16H21NO4. The lowest BCUT2D eigenvalue weighted by molar-refractivity contribution is -0.143. The molecule has 5 heteroatoms. The zero-order valence-corrected chi connectivity index (χ0v) is 12.3. The molecule has 2 unspecified atom stereocenters. The van der Waals surface area contributed by atoms with Gasteiger partial charge >= 0.3 is 5.97 Å². The Balaban J connectivity index is 1.92. The molecule has 0 aliphatic carbocycles. The van der Waals surface area contributed by atoms with Gasteiger partial charge in [0.15, 0.2) is 0 Å². The number of ether oxygens (including phenoxy) is 1. The van der Waals surface area contributed by atoms with Gasteiger partial charge in [0.05, 0.1) is 11.8 Å². The summed E-state index contributed by atoms with van der Waals surface area (Å²) in [6.07, 6.45) is 0.626. The number of para-hydroxylation sites is 1. The van der Waals surface area contributed by atoms with E-state index in [0.29, 0.717) is 13.0 Å². The number of carbonyl (C=O) groups is 2. The minimum Gasteiger partial charge on any atom is -0.492 e. The monoisotopic (exact) mass is 291 g/mol. The van der Waals surface area contributed by atoms with Crippen LogP contribution >= 0.6 is 0 Å². The number of carboxylic acid groups (broad SMARTS) is 1. The van der Waals surface area contributed by atoms with Crippen molar-refractivity contribution in [1.29, 1.82) is 0 Å². The first kappa shape index (κ1) is 15.4. The molecule has 1 aromatic carbocycles. The third kappa shape index (κ3) is 3.74. The Morgan fingerprint density at radius 3 is 2.76 bits per heavy atom. The highest BCUT2D eigenvalue weighted by Crippen LogP contribution is 2.26. The summed E-state index contributed by atoms with van der Waals surface area (Å²) >= 11 is 0. The Kier molecular flexibility index (Phi) is 4.83. The summed E-state index contributed by atoms with van der Waals surface area (Å²) in [5, 5.41) is 11.9. The summed E-state index contributed by atoms with van der Waals surface area (Å²) < 4.78 is 5.58. The number of rotatable bonds is 5. The topological polar surface area (TPSA) is 75.6 Å². The molecule has 1 aliphatic rings. The van der Waals surface area contributed by atoms with Crippen molar-refractivity contribution in [3.63, 3.8) is 0 Å². The minimum atomic E-state index is -0.879. The van der Waals surface area contributed by atoms with E-state index in [1.165, 1.54) is 0 Å². The molecule has 0 fully saturated rings. The van der Waals surface area contributed by atoms with Crippen LogP contribution in [-0.2, 0) is 16.0 Å². The third-order valence-electron chi connectivity index (χ3n) is 3.87. The van der Waals surface area contributed by atoms with E-state index in [4.69, 9.17) is 9.84 Å². The number of hydrogen-bond donors (Lipinski definition) is 2. The van der Waals surface area contributed by atoms with Gasteiger partial charge in [0.2, 0.25) is 5.91 Å². The summed E-state index contributed by atoms with van der Waals surface area (Å²) in [5.41, 5.74) is 1.02. The van der Waals surface area contributed by atoms with Gasteiger partial charge in [-0.2, -0.15) is 0 Å². The number of nitrogens with one attached hydrogen (secondary N) is 1. The van der Waals surface area contributed by atoms with Crippen LogP contribution in [-0.4, -0.2) is 30.1 Å². The smallest absolute Gasteiger partial charge is 0.308 e. The molecule has 2 rings (SSSR count). The molecule has 0 aromatic heterocycles. The lowest BCUT2D eigenvalue weighted by Crippen LogP contribution is -2.41. The van der Waals surface area contributed by atoms with E-state index in [0.717, 1.165) is 11.3 Å². The quantitative estimate of drug-likeness (QED) is 0.866. The van der Waals surface area contributed by atoms with Gasteiger partial charge in [-0.25, -0.2) is 0 Å². The van der Waals surface area contributed by atoms with Crippen molar-refractivity contribution in [2.24, 2.45) is 17.8 Å². The molecule has 1 amide bonds. The summed E-state index contributed by atoms with van der Waals surface area (Å²) in [7, 11) is 0. The first-order valence-electron chi connectivity index (χ1n) is 7.20. The highest BCUT2D eigenvalue weighted by Gasteiger charge is 2.28. The fraction of sp³-hybridized carbons (Fsp3) is 0.500. The molecule has 0 saturated carbocycles. The molecule has 5 nitrogen and oxygen atoms in total. The van der Waals surface area contributed by atoms with Crippen molar-refractivity contribution in [2.75, 3.05) is 13.2 Å². The molecule has 21 heavy (non-hydrogen) atoms. The molecular weight excluding hydrogens is 270 g/mol. The minimum absolute atomic E-state index is 0.0221. The van der Waals surface area contributed by atoms with E-state index < -0.39 is 11.9 Å². The fourth-order valence-corrected chi connectivity index (χ4v) is 2.46. The van der Waals surface area contributed by atoms with Gasteiger partial charge in [-0.1, -0.05) is 32.0 Å².